The van der Waals surface area contributed by atoms with Crippen LogP contribution in [0.5, 0.6) is 0 Å². The third-order valence-electron chi connectivity index (χ3n) is 2.29. The average Bonchev–Trinajstić information content (AvgIpc) is 2.83. The number of nitrogens with one attached hydrogen (secondary N) is 2. The third kappa shape index (κ3) is 5.09. The molecule has 0 aliphatic heterocycles. The van der Waals surface area contributed by atoms with Gasteiger partial charge in [0.15, 0.2) is 5.96 Å². The SMILES string of the molecule is C=CCNC(=NC)NCC(C)(O)c1ccco1.I. The molecule has 0 amide bonds. The van der Waals surface area contributed by atoms with Crippen molar-refractivity contribution in [2.75, 3.05) is 20.1 Å². The van der Waals surface area contributed by atoms with E-state index in [1.807, 2.05) is 0 Å². The molecule has 0 bridgehead atoms. The first-order chi connectivity index (χ1) is 8.10. The number of furan rings is 1. The van der Waals surface area contributed by atoms with E-state index in [2.05, 4.69) is 22.2 Å². The average molecular weight is 365 g/mol. The van der Waals surface area contributed by atoms with E-state index >= 15 is 0 Å². The van der Waals surface area contributed by atoms with Crippen molar-refractivity contribution in [1.82, 2.24) is 10.6 Å². The number of hydrogen-bond acceptors (Lipinski definition) is 3. The van der Waals surface area contributed by atoms with Gasteiger partial charge >= 0.3 is 0 Å². The van der Waals surface area contributed by atoms with E-state index in [1.54, 1.807) is 32.2 Å². The Morgan fingerprint density at radius 3 is 2.83 bits per heavy atom. The van der Waals surface area contributed by atoms with Crippen molar-refractivity contribution in [2.45, 2.75) is 12.5 Å². The van der Waals surface area contributed by atoms with Crippen LogP contribution in [0.3, 0.4) is 0 Å². The Hall–Kier alpha value is -1.02. The molecule has 1 rings (SSSR count). The van der Waals surface area contributed by atoms with Crippen molar-refractivity contribution in [3.05, 3.63) is 36.8 Å². The number of aliphatic imine (C=N–C) groups is 1. The van der Waals surface area contributed by atoms with Crippen LogP contribution in [0.25, 0.3) is 0 Å². The van der Waals surface area contributed by atoms with Crippen LogP contribution in [0.4, 0.5) is 0 Å². The monoisotopic (exact) mass is 365 g/mol. The van der Waals surface area contributed by atoms with Crippen molar-refractivity contribution in [1.29, 1.82) is 0 Å². The Morgan fingerprint density at radius 1 is 1.61 bits per heavy atom. The summed E-state index contributed by atoms with van der Waals surface area (Å²) in [6.45, 7) is 6.20. The smallest absolute Gasteiger partial charge is 0.191 e. The molecule has 3 N–H and O–H groups in total. The molecule has 6 heteroatoms. The lowest BCUT2D eigenvalue weighted by atomic mass is 10.0. The largest absolute Gasteiger partial charge is 0.466 e. The van der Waals surface area contributed by atoms with Crippen LogP contribution >= 0.6 is 24.0 Å². The molecule has 1 heterocycles. The lowest BCUT2D eigenvalue weighted by molar-refractivity contribution is 0.0386. The number of nitrogens with zero attached hydrogens (tertiary/aromatic N) is 1. The summed E-state index contributed by atoms with van der Waals surface area (Å²) in [5.41, 5.74) is -1.07. The Kier molecular flexibility index (Phi) is 7.69. The minimum atomic E-state index is -1.07. The molecular formula is C12H20IN3O2. The number of guanidine groups is 1. The van der Waals surface area contributed by atoms with Crippen LogP contribution in [0.15, 0.2) is 40.5 Å². The van der Waals surface area contributed by atoms with Gasteiger partial charge < -0.3 is 20.2 Å². The van der Waals surface area contributed by atoms with Crippen LogP contribution in [0.1, 0.15) is 12.7 Å². The Labute approximate surface area is 124 Å². The van der Waals surface area contributed by atoms with Gasteiger partial charge in [0.1, 0.15) is 11.4 Å². The van der Waals surface area contributed by atoms with E-state index in [0.29, 0.717) is 24.8 Å². The van der Waals surface area contributed by atoms with Gasteiger partial charge in [-0.15, -0.1) is 30.6 Å². The predicted molar refractivity (Wildman–Crippen MR) is 83.3 cm³/mol. The molecule has 1 aromatic rings. The van der Waals surface area contributed by atoms with Crippen molar-refractivity contribution < 1.29 is 9.52 Å². The maximum atomic E-state index is 10.2. The fourth-order valence-electron chi connectivity index (χ4n) is 1.32. The third-order valence-corrected chi connectivity index (χ3v) is 2.29. The topological polar surface area (TPSA) is 69.8 Å². The van der Waals surface area contributed by atoms with Crippen LogP contribution in [0, 0.1) is 0 Å². The highest BCUT2D eigenvalue weighted by atomic mass is 127. The zero-order valence-electron chi connectivity index (χ0n) is 10.6. The summed E-state index contributed by atoms with van der Waals surface area (Å²) in [5.74, 6) is 1.13. The Balaban J connectivity index is 0.00000289. The zero-order chi connectivity index (χ0) is 12.7. The molecule has 18 heavy (non-hydrogen) atoms. The molecule has 0 spiro atoms. The van der Waals surface area contributed by atoms with Gasteiger partial charge in [-0.05, 0) is 19.1 Å². The van der Waals surface area contributed by atoms with Gasteiger partial charge in [0, 0.05) is 13.6 Å². The maximum Gasteiger partial charge on any atom is 0.191 e. The second kappa shape index (κ2) is 8.15. The minimum Gasteiger partial charge on any atom is -0.466 e. The maximum absolute atomic E-state index is 10.2. The highest BCUT2D eigenvalue weighted by Gasteiger charge is 2.26. The standard InChI is InChI=1S/C12H19N3O2.HI/c1-4-7-14-11(13-3)15-9-12(2,16)10-6-5-8-17-10;/h4-6,8,16H,1,7,9H2,2-3H3,(H2,13,14,15);1H. The molecule has 5 nitrogen and oxygen atoms in total. The van der Waals surface area contributed by atoms with E-state index in [0.717, 1.165) is 0 Å². The van der Waals surface area contributed by atoms with Crippen molar-refractivity contribution in [3.63, 3.8) is 0 Å². The van der Waals surface area contributed by atoms with Crippen LogP contribution < -0.4 is 10.6 Å². The highest BCUT2D eigenvalue weighted by Crippen LogP contribution is 2.19. The molecule has 0 saturated heterocycles. The Morgan fingerprint density at radius 2 is 2.33 bits per heavy atom. The first kappa shape index (κ1) is 17.0. The van der Waals surface area contributed by atoms with Gasteiger partial charge in [-0.25, -0.2) is 0 Å². The first-order valence-corrected chi connectivity index (χ1v) is 5.42. The van der Waals surface area contributed by atoms with Crippen molar-refractivity contribution in [2.24, 2.45) is 4.99 Å². The van der Waals surface area contributed by atoms with Crippen LogP contribution in [-0.4, -0.2) is 31.2 Å². The summed E-state index contributed by atoms with van der Waals surface area (Å²) in [6, 6.07) is 3.48. The normalized spacial score (nSPS) is 14.3. The second-order valence-corrected chi connectivity index (χ2v) is 3.85. The van der Waals surface area contributed by atoms with E-state index < -0.39 is 5.60 Å². The molecule has 0 fully saturated rings. The second-order valence-electron chi connectivity index (χ2n) is 3.85. The summed E-state index contributed by atoms with van der Waals surface area (Å²) in [7, 11) is 1.67. The lowest BCUT2D eigenvalue weighted by Gasteiger charge is -2.22. The van der Waals surface area contributed by atoms with Gasteiger partial charge in [-0.2, -0.15) is 0 Å². The molecule has 0 aliphatic carbocycles. The summed E-state index contributed by atoms with van der Waals surface area (Å²) >= 11 is 0. The molecule has 1 unspecified atom stereocenters. The van der Waals surface area contributed by atoms with Gasteiger partial charge in [0.25, 0.3) is 0 Å². The molecular weight excluding hydrogens is 345 g/mol. The van der Waals surface area contributed by atoms with Crippen LogP contribution in [0.2, 0.25) is 0 Å². The molecule has 1 atom stereocenters. The summed E-state index contributed by atoms with van der Waals surface area (Å²) in [4.78, 5) is 4.01. The summed E-state index contributed by atoms with van der Waals surface area (Å²) < 4.78 is 5.18. The molecule has 1 aromatic heterocycles. The van der Waals surface area contributed by atoms with Crippen molar-refractivity contribution >= 4 is 29.9 Å². The molecule has 0 radical (unpaired) electrons. The Bertz CT molecular complexity index is 375. The first-order valence-electron chi connectivity index (χ1n) is 5.42. The van der Waals surface area contributed by atoms with Gasteiger partial charge in [0.2, 0.25) is 0 Å². The minimum absolute atomic E-state index is 0. The van der Waals surface area contributed by atoms with Gasteiger partial charge in [-0.1, -0.05) is 6.08 Å². The van der Waals surface area contributed by atoms with E-state index in [4.69, 9.17) is 4.42 Å². The van der Waals surface area contributed by atoms with E-state index in [9.17, 15) is 5.11 Å². The number of rotatable bonds is 5. The summed E-state index contributed by atoms with van der Waals surface area (Å²) in [6.07, 6.45) is 3.27. The zero-order valence-corrected chi connectivity index (χ0v) is 13.0. The highest BCUT2D eigenvalue weighted by molar-refractivity contribution is 14.0. The number of hydrogen-bond donors (Lipinski definition) is 3. The van der Waals surface area contributed by atoms with Gasteiger partial charge in [-0.3, -0.25) is 4.99 Å². The summed E-state index contributed by atoms with van der Waals surface area (Å²) in [5, 5.41) is 16.2. The van der Waals surface area contributed by atoms with E-state index in [-0.39, 0.29) is 24.0 Å². The van der Waals surface area contributed by atoms with Crippen molar-refractivity contribution in [3.8, 4) is 0 Å². The lowest BCUT2D eigenvalue weighted by Crippen LogP contribution is -2.44. The number of halogens is 1. The van der Waals surface area contributed by atoms with E-state index in [1.165, 1.54) is 6.26 Å². The molecule has 0 aromatic carbocycles. The quantitative estimate of drug-likeness (QED) is 0.320. The molecule has 0 saturated carbocycles. The van der Waals surface area contributed by atoms with Gasteiger partial charge in [0.05, 0.1) is 12.8 Å². The molecule has 102 valence electrons. The molecule has 0 aliphatic rings. The number of aliphatic hydroxyl groups is 1. The van der Waals surface area contributed by atoms with Crippen LogP contribution in [-0.2, 0) is 5.60 Å². The fraction of sp³-hybridized carbons (Fsp3) is 0.417. The fourth-order valence-corrected chi connectivity index (χ4v) is 1.32. The predicted octanol–water partition coefficient (Wildman–Crippen LogP) is 1.46.